The van der Waals surface area contributed by atoms with E-state index in [0.29, 0.717) is 36.3 Å². The van der Waals surface area contributed by atoms with E-state index in [4.69, 9.17) is 14.2 Å². The van der Waals surface area contributed by atoms with Crippen molar-refractivity contribution in [1.82, 2.24) is 10.6 Å². The predicted molar refractivity (Wildman–Crippen MR) is 114 cm³/mol. The molecule has 2 aromatic rings. The standard InChI is InChI=1S/C22H30FN3O3/c1-6-24-22(25-10-9-17-7-8-18(23)11-15(17)2)26-14-16-12-19(27-3)21(29-5)20(13-16)28-4/h7-8,11-13H,6,9-10,14H2,1-5H3,(H2,24,25,26). The van der Waals surface area contributed by atoms with E-state index in [9.17, 15) is 4.39 Å². The minimum Gasteiger partial charge on any atom is -0.493 e. The average Bonchev–Trinajstić information content (AvgIpc) is 2.72. The van der Waals surface area contributed by atoms with Crippen LogP contribution in [0, 0.1) is 12.7 Å². The molecule has 0 aliphatic heterocycles. The van der Waals surface area contributed by atoms with E-state index < -0.39 is 0 Å². The molecule has 0 spiro atoms. The highest BCUT2D eigenvalue weighted by Gasteiger charge is 2.13. The van der Waals surface area contributed by atoms with Gasteiger partial charge in [-0.2, -0.15) is 0 Å². The van der Waals surface area contributed by atoms with Crippen molar-refractivity contribution in [3.05, 3.63) is 52.8 Å². The number of hydrogen-bond acceptors (Lipinski definition) is 4. The summed E-state index contributed by atoms with van der Waals surface area (Å²) in [6.45, 7) is 5.81. The fourth-order valence-electron chi connectivity index (χ4n) is 2.99. The number of aryl methyl sites for hydroxylation is 1. The van der Waals surface area contributed by atoms with E-state index in [0.717, 1.165) is 29.7 Å². The lowest BCUT2D eigenvalue weighted by molar-refractivity contribution is 0.324. The van der Waals surface area contributed by atoms with Crippen LogP contribution in [0.5, 0.6) is 17.2 Å². The van der Waals surface area contributed by atoms with E-state index in [1.807, 2.05) is 32.0 Å². The molecule has 0 unspecified atom stereocenters. The zero-order valence-electron chi connectivity index (χ0n) is 17.8. The van der Waals surface area contributed by atoms with Gasteiger partial charge in [0.25, 0.3) is 0 Å². The molecule has 0 aliphatic carbocycles. The van der Waals surface area contributed by atoms with Crippen molar-refractivity contribution in [2.24, 2.45) is 4.99 Å². The zero-order chi connectivity index (χ0) is 21.2. The van der Waals surface area contributed by atoms with E-state index in [1.165, 1.54) is 6.07 Å². The van der Waals surface area contributed by atoms with Crippen LogP contribution in [0.25, 0.3) is 0 Å². The van der Waals surface area contributed by atoms with E-state index >= 15 is 0 Å². The summed E-state index contributed by atoms with van der Waals surface area (Å²) in [7, 11) is 4.76. The first kappa shape index (κ1) is 22.3. The number of ether oxygens (including phenoxy) is 3. The van der Waals surface area contributed by atoms with Gasteiger partial charge >= 0.3 is 0 Å². The van der Waals surface area contributed by atoms with Gasteiger partial charge in [0, 0.05) is 13.1 Å². The molecule has 0 saturated carbocycles. The maximum absolute atomic E-state index is 13.2. The van der Waals surface area contributed by atoms with Crippen molar-refractivity contribution in [2.45, 2.75) is 26.8 Å². The number of nitrogens with one attached hydrogen (secondary N) is 2. The van der Waals surface area contributed by atoms with Crippen LogP contribution in [-0.4, -0.2) is 40.4 Å². The molecule has 2 N–H and O–H groups in total. The number of guanidine groups is 1. The van der Waals surface area contributed by atoms with Crippen molar-refractivity contribution in [1.29, 1.82) is 0 Å². The fourth-order valence-corrected chi connectivity index (χ4v) is 2.99. The lowest BCUT2D eigenvalue weighted by Gasteiger charge is -2.14. The number of benzene rings is 2. The Kier molecular flexibility index (Phi) is 8.58. The first-order valence-corrected chi connectivity index (χ1v) is 9.58. The van der Waals surface area contributed by atoms with Crippen LogP contribution in [0.1, 0.15) is 23.6 Å². The highest BCUT2D eigenvalue weighted by molar-refractivity contribution is 5.79. The first-order chi connectivity index (χ1) is 14.0. The lowest BCUT2D eigenvalue weighted by atomic mass is 10.1. The molecule has 0 heterocycles. The van der Waals surface area contributed by atoms with Crippen molar-refractivity contribution >= 4 is 5.96 Å². The summed E-state index contributed by atoms with van der Waals surface area (Å²) in [6.07, 6.45) is 0.778. The molecule has 0 fully saturated rings. The molecule has 29 heavy (non-hydrogen) atoms. The molecule has 6 nitrogen and oxygen atoms in total. The maximum Gasteiger partial charge on any atom is 0.203 e. The zero-order valence-corrected chi connectivity index (χ0v) is 17.8. The van der Waals surface area contributed by atoms with Gasteiger partial charge in [-0.1, -0.05) is 6.07 Å². The van der Waals surface area contributed by atoms with Gasteiger partial charge in [0.1, 0.15) is 5.82 Å². The van der Waals surface area contributed by atoms with Gasteiger partial charge in [0.05, 0.1) is 27.9 Å². The van der Waals surface area contributed by atoms with Crippen molar-refractivity contribution in [3.63, 3.8) is 0 Å². The number of halogens is 1. The Bertz CT molecular complexity index is 815. The van der Waals surface area contributed by atoms with Crippen LogP contribution in [0.15, 0.2) is 35.3 Å². The third-order valence-electron chi connectivity index (χ3n) is 4.48. The van der Waals surface area contributed by atoms with Gasteiger partial charge in [-0.25, -0.2) is 9.38 Å². The molecule has 0 amide bonds. The molecule has 0 aromatic heterocycles. The second kappa shape index (κ2) is 11.1. The molecule has 0 aliphatic rings. The predicted octanol–water partition coefficient (Wildman–Crippen LogP) is 3.46. The van der Waals surface area contributed by atoms with Crippen LogP contribution in [-0.2, 0) is 13.0 Å². The molecule has 2 aromatic carbocycles. The highest BCUT2D eigenvalue weighted by atomic mass is 19.1. The first-order valence-electron chi connectivity index (χ1n) is 9.58. The minimum atomic E-state index is -0.209. The summed E-state index contributed by atoms with van der Waals surface area (Å²) >= 11 is 0. The van der Waals surface area contributed by atoms with Gasteiger partial charge in [-0.3, -0.25) is 0 Å². The minimum absolute atomic E-state index is 0.209. The summed E-state index contributed by atoms with van der Waals surface area (Å²) in [6, 6.07) is 8.64. The largest absolute Gasteiger partial charge is 0.493 e. The number of aliphatic imine (C=N–C) groups is 1. The van der Waals surface area contributed by atoms with E-state index in [-0.39, 0.29) is 5.82 Å². The van der Waals surface area contributed by atoms with Crippen LogP contribution in [0.2, 0.25) is 0 Å². The Morgan fingerprint density at radius 2 is 1.69 bits per heavy atom. The fraction of sp³-hybridized carbons (Fsp3) is 0.409. The second-order valence-electron chi connectivity index (χ2n) is 6.48. The molecule has 0 bridgehead atoms. The normalized spacial score (nSPS) is 11.2. The lowest BCUT2D eigenvalue weighted by Crippen LogP contribution is -2.38. The Hall–Kier alpha value is -2.96. The quantitative estimate of drug-likeness (QED) is 0.496. The Balaban J connectivity index is 2.06. The number of hydrogen-bond donors (Lipinski definition) is 2. The van der Waals surface area contributed by atoms with E-state index in [1.54, 1.807) is 27.4 Å². The van der Waals surface area contributed by atoms with Gasteiger partial charge < -0.3 is 24.8 Å². The van der Waals surface area contributed by atoms with Gasteiger partial charge in [0.2, 0.25) is 5.75 Å². The highest BCUT2D eigenvalue weighted by Crippen LogP contribution is 2.38. The maximum atomic E-state index is 13.2. The molecular formula is C22H30FN3O3. The van der Waals surface area contributed by atoms with Crippen LogP contribution in [0.4, 0.5) is 4.39 Å². The molecule has 0 atom stereocenters. The topological polar surface area (TPSA) is 64.1 Å². The average molecular weight is 403 g/mol. The monoisotopic (exact) mass is 403 g/mol. The molecule has 2 rings (SSSR count). The SMILES string of the molecule is CCNC(=NCc1cc(OC)c(OC)c(OC)c1)NCCc1ccc(F)cc1C. The molecular weight excluding hydrogens is 373 g/mol. The number of nitrogens with zero attached hydrogens (tertiary/aromatic N) is 1. The van der Waals surface area contributed by atoms with Crippen LogP contribution < -0.4 is 24.8 Å². The van der Waals surface area contributed by atoms with Crippen LogP contribution >= 0.6 is 0 Å². The third kappa shape index (κ3) is 6.27. The Morgan fingerprint density at radius 1 is 1.00 bits per heavy atom. The summed E-state index contributed by atoms with van der Waals surface area (Å²) in [5.41, 5.74) is 3.00. The van der Waals surface area contributed by atoms with Crippen molar-refractivity contribution in [3.8, 4) is 17.2 Å². The second-order valence-corrected chi connectivity index (χ2v) is 6.48. The van der Waals surface area contributed by atoms with Gasteiger partial charge in [-0.15, -0.1) is 0 Å². The molecule has 158 valence electrons. The Labute approximate surface area is 172 Å². The van der Waals surface area contributed by atoms with E-state index in [2.05, 4.69) is 15.6 Å². The summed E-state index contributed by atoms with van der Waals surface area (Å²) in [5, 5.41) is 6.55. The summed E-state index contributed by atoms with van der Waals surface area (Å²) in [4.78, 5) is 4.64. The van der Waals surface area contributed by atoms with Crippen molar-refractivity contribution < 1.29 is 18.6 Å². The smallest absolute Gasteiger partial charge is 0.203 e. The van der Waals surface area contributed by atoms with Gasteiger partial charge in [-0.05, 0) is 61.2 Å². The number of rotatable bonds is 9. The number of methoxy groups -OCH3 is 3. The Morgan fingerprint density at radius 3 is 2.24 bits per heavy atom. The third-order valence-corrected chi connectivity index (χ3v) is 4.48. The molecule has 0 saturated heterocycles. The molecule has 0 radical (unpaired) electrons. The van der Waals surface area contributed by atoms with Crippen molar-refractivity contribution in [2.75, 3.05) is 34.4 Å². The van der Waals surface area contributed by atoms with Gasteiger partial charge in [0.15, 0.2) is 17.5 Å². The summed E-state index contributed by atoms with van der Waals surface area (Å²) < 4.78 is 29.4. The van der Waals surface area contributed by atoms with Crippen LogP contribution in [0.3, 0.4) is 0 Å². The molecule has 7 heteroatoms. The summed E-state index contributed by atoms with van der Waals surface area (Å²) in [5.74, 6) is 2.26.